The van der Waals surface area contributed by atoms with Crippen molar-refractivity contribution in [3.63, 3.8) is 0 Å². The number of methoxy groups -OCH3 is 1. The Kier molecular flexibility index (Phi) is 3.83. The van der Waals surface area contributed by atoms with Crippen LogP contribution in [0, 0.1) is 0 Å². The second-order valence-corrected chi connectivity index (χ2v) is 6.06. The summed E-state index contributed by atoms with van der Waals surface area (Å²) in [4.78, 5) is 25.9. The molecule has 2 aliphatic rings. The molecular weight excluding hydrogens is 304 g/mol. The van der Waals surface area contributed by atoms with Crippen molar-refractivity contribution < 1.29 is 14.3 Å². The van der Waals surface area contributed by atoms with Gasteiger partial charge < -0.3 is 15.4 Å². The highest BCUT2D eigenvalue weighted by Crippen LogP contribution is 2.38. The molecule has 0 radical (unpaired) electrons. The van der Waals surface area contributed by atoms with Gasteiger partial charge in [-0.15, -0.1) is 0 Å². The lowest BCUT2D eigenvalue weighted by molar-refractivity contribution is -0.150. The summed E-state index contributed by atoms with van der Waals surface area (Å²) in [5, 5.41) is 0.582. The van der Waals surface area contributed by atoms with Crippen LogP contribution in [-0.2, 0) is 14.3 Å². The van der Waals surface area contributed by atoms with Crippen molar-refractivity contribution in [2.75, 3.05) is 12.8 Å². The number of esters is 1. The minimum atomic E-state index is -0.475. The molecule has 116 valence electrons. The molecule has 3 rings (SSSR count). The van der Waals surface area contributed by atoms with Crippen molar-refractivity contribution in [2.45, 2.75) is 31.3 Å². The number of amides is 1. The van der Waals surface area contributed by atoms with Crippen molar-refractivity contribution in [3.05, 3.63) is 34.9 Å². The molecule has 0 saturated carbocycles. The summed E-state index contributed by atoms with van der Waals surface area (Å²) in [5.74, 6) is -0.520. The number of nitrogens with zero attached hydrogens (tertiary/aromatic N) is 1. The Morgan fingerprint density at radius 1 is 1.41 bits per heavy atom. The highest BCUT2D eigenvalue weighted by atomic mass is 35.5. The van der Waals surface area contributed by atoms with Crippen LogP contribution in [0.5, 0.6) is 0 Å². The maximum absolute atomic E-state index is 12.5. The average molecular weight is 321 g/mol. The van der Waals surface area contributed by atoms with Gasteiger partial charge >= 0.3 is 5.97 Å². The number of nitrogens with two attached hydrogens (primary N) is 1. The second-order valence-electron chi connectivity index (χ2n) is 5.62. The molecule has 0 aliphatic carbocycles. The lowest BCUT2D eigenvalue weighted by Crippen LogP contribution is -2.46. The van der Waals surface area contributed by atoms with Crippen LogP contribution in [0.25, 0.3) is 5.57 Å². The highest BCUT2D eigenvalue weighted by molar-refractivity contribution is 6.30. The summed E-state index contributed by atoms with van der Waals surface area (Å²) >= 11 is 6.03. The zero-order valence-electron chi connectivity index (χ0n) is 12.2. The number of benzene rings is 1. The van der Waals surface area contributed by atoms with Crippen molar-refractivity contribution in [3.8, 4) is 0 Å². The maximum atomic E-state index is 12.5. The Labute approximate surface area is 133 Å². The largest absolute Gasteiger partial charge is 0.467 e. The number of fused-ring (bicyclic) bond motifs is 1. The molecule has 0 bridgehead atoms. The van der Waals surface area contributed by atoms with E-state index in [-0.39, 0.29) is 17.9 Å². The fourth-order valence-electron chi connectivity index (χ4n) is 3.31. The Bertz CT molecular complexity index is 671. The number of carbonyl (C=O) groups excluding carboxylic acids is 2. The number of nitrogen functional groups attached to an aromatic ring is 1. The van der Waals surface area contributed by atoms with Crippen molar-refractivity contribution >= 4 is 34.7 Å². The van der Waals surface area contributed by atoms with Crippen LogP contribution in [0.3, 0.4) is 0 Å². The Morgan fingerprint density at radius 2 is 2.18 bits per heavy atom. The highest BCUT2D eigenvalue weighted by Gasteiger charge is 2.43. The number of anilines is 1. The first-order valence-electron chi connectivity index (χ1n) is 7.17. The molecular formula is C16H17ClN2O3. The standard InChI is InChI=1S/C16H17ClN2O3/c1-22-16(21)14-5-3-11-6-9(7-15(20)19(11)14)12-8-10(17)2-4-13(12)18/h2,4,7-8,11,14H,3,5-6,18H2,1H3/t11-,14-/m0/s1. The van der Waals surface area contributed by atoms with Crippen molar-refractivity contribution in [1.82, 2.24) is 4.90 Å². The first-order chi connectivity index (χ1) is 10.5. The molecule has 1 aromatic carbocycles. The average Bonchev–Trinajstić information content (AvgIpc) is 2.93. The monoisotopic (exact) mass is 320 g/mol. The zero-order chi connectivity index (χ0) is 15.9. The van der Waals surface area contributed by atoms with E-state index in [0.29, 0.717) is 23.6 Å². The van der Waals surface area contributed by atoms with Crippen LogP contribution in [0.1, 0.15) is 24.8 Å². The summed E-state index contributed by atoms with van der Waals surface area (Å²) in [6.07, 6.45) is 3.64. The van der Waals surface area contributed by atoms with Gasteiger partial charge in [-0.1, -0.05) is 11.6 Å². The normalized spacial score (nSPS) is 24.0. The molecule has 6 heteroatoms. The second kappa shape index (κ2) is 5.65. The van der Waals surface area contributed by atoms with Gasteiger partial charge in [0, 0.05) is 28.4 Å². The summed E-state index contributed by atoms with van der Waals surface area (Å²) in [6, 6.07) is 4.77. The number of hydrogen-bond acceptors (Lipinski definition) is 4. The van der Waals surface area contributed by atoms with Gasteiger partial charge in [0.1, 0.15) is 6.04 Å². The number of carbonyl (C=O) groups is 2. The van der Waals surface area contributed by atoms with E-state index >= 15 is 0 Å². The summed E-state index contributed by atoms with van der Waals surface area (Å²) < 4.78 is 4.79. The third kappa shape index (κ3) is 2.46. The van der Waals surface area contributed by atoms with Gasteiger partial charge in [0.15, 0.2) is 0 Å². The first kappa shape index (κ1) is 14.9. The molecule has 0 aromatic heterocycles. The molecule has 2 atom stereocenters. The van der Waals surface area contributed by atoms with E-state index in [0.717, 1.165) is 17.6 Å². The van der Waals surface area contributed by atoms with Crippen molar-refractivity contribution in [1.29, 1.82) is 0 Å². The lowest BCUT2D eigenvalue weighted by Gasteiger charge is -2.32. The van der Waals surface area contributed by atoms with E-state index in [4.69, 9.17) is 22.1 Å². The van der Waals surface area contributed by atoms with Crippen LogP contribution in [-0.4, -0.2) is 36.0 Å². The SMILES string of the molecule is COC(=O)[C@@H]1CC[C@H]2CC(c3cc(Cl)ccc3N)=CC(=O)N21. The molecule has 22 heavy (non-hydrogen) atoms. The van der Waals surface area contributed by atoms with E-state index < -0.39 is 6.04 Å². The first-order valence-corrected chi connectivity index (χ1v) is 7.55. The minimum absolute atomic E-state index is 0.00924. The molecule has 1 aromatic rings. The predicted octanol–water partition coefficient (Wildman–Crippen LogP) is 2.24. The molecule has 1 fully saturated rings. The van der Waals surface area contributed by atoms with Gasteiger partial charge in [-0.25, -0.2) is 4.79 Å². The fourth-order valence-corrected chi connectivity index (χ4v) is 3.49. The van der Waals surface area contributed by atoms with Crippen LogP contribution >= 0.6 is 11.6 Å². The van der Waals surface area contributed by atoms with Crippen molar-refractivity contribution in [2.24, 2.45) is 0 Å². The third-order valence-electron chi connectivity index (χ3n) is 4.34. The number of hydrogen-bond donors (Lipinski definition) is 1. The summed E-state index contributed by atoms with van der Waals surface area (Å²) in [6.45, 7) is 0. The number of halogens is 1. The van der Waals surface area contributed by atoms with E-state index in [1.807, 2.05) is 0 Å². The van der Waals surface area contributed by atoms with Crippen LogP contribution in [0.4, 0.5) is 5.69 Å². The molecule has 1 amide bonds. The summed E-state index contributed by atoms with van der Waals surface area (Å²) in [7, 11) is 1.35. The quantitative estimate of drug-likeness (QED) is 0.670. The smallest absolute Gasteiger partial charge is 0.328 e. The molecule has 2 N–H and O–H groups in total. The number of ether oxygens (including phenoxy) is 1. The van der Waals surface area contributed by atoms with Gasteiger partial charge in [-0.05, 0) is 43.0 Å². The third-order valence-corrected chi connectivity index (χ3v) is 4.58. The molecule has 1 saturated heterocycles. The van der Waals surface area contributed by atoms with E-state index in [2.05, 4.69) is 0 Å². The van der Waals surface area contributed by atoms with Gasteiger partial charge in [-0.2, -0.15) is 0 Å². The predicted molar refractivity (Wildman–Crippen MR) is 84.1 cm³/mol. The van der Waals surface area contributed by atoms with E-state index in [1.54, 1.807) is 29.2 Å². The van der Waals surface area contributed by atoms with Crippen LogP contribution < -0.4 is 5.73 Å². The topological polar surface area (TPSA) is 72.6 Å². The Balaban J connectivity index is 1.93. The Morgan fingerprint density at radius 3 is 2.91 bits per heavy atom. The maximum Gasteiger partial charge on any atom is 0.328 e. The van der Waals surface area contributed by atoms with E-state index in [9.17, 15) is 9.59 Å². The van der Waals surface area contributed by atoms with Crippen LogP contribution in [0.2, 0.25) is 5.02 Å². The molecule has 0 spiro atoms. The molecule has 0 unspecified atom stereocenters. The minimum Gasteiger partial charge on any atom is -0.467 e. The number of rotatable bonds is 2. The van der Waals surface area contributed by atoms with Gasteiger partial charge in [0.2, 0.25) is 5.91 Å². The molecule has 5 nitrogen and oxygen atoms in total. The zero-order valence-corrected chi connectivity index (χ0v) is 13.0. The van der Waals surface area contributed by atoms with Crippen LogP contribution in [0.15, 0.2) is 24.3 Å². The Hall–Kier alpha value is -2.01. The van der Waals surface area contributed by atoms with E-state index in [1.165, 1.54) is 7.11 Å². The molecule has 2 heterocycles. The lowest BCUT2D eigenvalue weighted by atomic mass is 9.93. The van der Waals surface area contributed by atoms with Gasteiger partial charge in [0.25, 0.3) is 0 Å². The molecule has 2 aliphatic heterocycles. The van der Waals surface area contributed by atoms with Gasteiger partial charge in [0.05, 0.1) is 7.11 Å². The summed E-state index contributed by atoms with van der Waals surface area (Å²) in [5.41, 5.74) is 8.26. The fraction of sp³-hybridized carbons (Fsp3) is 0.375. The van der Waals surface area contributed by atoms with Gasteiger partial charge in [-0.3, -0.25) is 4.79 Å².